The van der Waals surface area contributed by atoms with Gasteiger partial charge in [-0.15, -0.1) is 0 Å². The monoisotopic (exact) mass is 516 g/mol. The third-order valence-corrected chi connectivity index (χ3v) is 7.32. The number of nitrogens with zero attached hydrogens (tertiary/aromatic N) is 1. The number of sulfonamides is 1. The lowest BCUT2D eigenvalue weighted by Gasteiger charge is -2.25. The van der Waals surface area contributed by atoms with Crippen LogP contribution in [-0.2, 0) is 14.8 Å². The zero-order valence-electron chi connectivity index (χ0n) is 18.1. The van der Waals surface area contributed by atoms with Crippen LogP contribution in [0, 0.1) is 6.92 Å². The van der Waals surface area contributed by atoms with Gasteiger partial charge in [0.1, 0.15) is 12.3 Å². The molecule has 0 bridgehead atoms. The van der Waals surface area contributed by atoms with E-state index < -0.39 is 15.9 Å². The van der Waals surface area contributed by atoms with Crippen molar-refractivity contribution < 1.29 is 17.9 Å². The van der Waals surface area contributed by atoms with Crippen LogP contribution in [0.4, 0.5) is 5.69 Å². The second-order valence-electron chi connectivity index (χ2n) is 7.36. The van der Waals surface area contributed by atoms with Gasteiger partial charge in [0.05, 0.1) is 23.7 Å². The molecule has 3 rings (SSSR count). The predicted molar refractivity (Wildman–Crippen MR) is 129 cm³/mol. The number of amides is 1. The van der Waals surface area contributed by atoms with Crippen molar-refractivity contribution in [1.82, 2.24) is 5.32 Å². The van der Waals surface area contributed by atoms with Crippen LogP contribution in [0.25, 0.3) is 0 Å². The van der Waals surface area contributed by atoms with Gasteiger partial charge in [-0.3, -0.25) is 9.10 Å². The van der Waals surface area contributed by atoms with E-state index in [2.05, 4.69) is 21.2 Å². The van der Waals surface area contributed by atoms with E-state index in [1.54, 1.807) is 55.6 Å². The second kappa shape index (κ2) is 10.2. The summed E-state index contributed by atoms with van der Waals surface area (Å²) < 4.78 is 33.9. The fourth-order valence-electron chi connectivity index (χ4n) is 3.15. The maximum atomic E-state index is 13.4. The van der Waals surface area contributed by atoms with Crippen LogP contribution < -0.4 is 14.4 Å². The average molecular weight is 517 g/mol. The summed E-state index contributed by atoms with van der Waals surface area (Å²) in [4.78, 5) is 13.0. The summed E-state index contributed by atoms with van der Waals surface area (Å²) in [6.45, 7) is 3.38. The van der Waals surface area contributed by atoms with Crippen LogP contribution in [0.1, 0.15) is 24.1 Å². The Bertz CT molecular complexity index is 1160. The summed E-state index contributed by atoms with van der Waals surface area (Å²) in [6.07, 6.45) is 0. The highest BCUT2D eigenvalue weighted by Gasteiger charge is 2.27. The van der Waals surface area contributed by atoms with Crippen LogP contribution >= 0.6 is 15.9 Å². The summed E-state index contributed by atoms with van der Waals surface area (Å²) in [5.41, 5.74) is 2.24. The lowest BCUT2D eigenvalue weighted by atomic mass is 10.1. The number of carbonyl (C=O) groups is 1. The van der Waals surface area contributed by atoms with Crippen LogP contribution in [-0.4, -0.2) is 28.0 Å². The van der Waals surface area contributed by atoms with Gasteiger partial charge in [0.15, 0.2) is 0 Å². The zero-order chi connectivity index (χ0) is 23.3. The van der Waals surface area contributed by atoms with Crippen molar-refractivity contribution >= 4 is 37.5 Å². The maximum Gasteiger partial charge on any atom is 0.264 e. The topological polar surface area (TPSA) is 75.7 Å². The van der Waals surface area contributed by atoms with E-state index in [4.69, 9.17) is 4.74 Å². The van der Waals surface area contributed by atoms with Gasteiger partial charge in [-0.2, -0.15) is 0 Å². The first-order valence-electron chi connectivity index (χ1n) is 9.99. The summed E-state index contributed by atoms with van der Waals surface area (Å²) >= 11 is 3.36. The molecule has 0 fully saturated rings. The van der Waals surface area contributed by atoms with E-state index in [0.29, 0.717) is 5.69 Å². The molecule has 0 aliphatic carbocycles. The first-order valence-corrected chi connectivity index (χ1v) is 12.2. The molecule has 3 aromatic carbocycles. The van der Waals surface area contributed by atoms with Gasteiger partial charge in [0.25, 0.3) is 10.0 Å². The highest BCUT2D eigenvalue weighted by molar-refractivity contribution is 9.10. The van der Waals surface area contributed by atoms with Crippen LogP contribution in [0.2, 0.25) is 0 Å². The van der Waals surface area contributed by atoms with Crippen molar-refractivity contribution in [3.63, 3.8) is 0 Å². The molecule has 0 radical (unpaired) electrons. The number of anilines is 1. The standard InChI is InChI=1S/C24H25BrN2O4S/c1-17-4-14-23(15-5-17)32(29,30)27(21-10-8-20(25)9-11-21)16-24(28)26-18(2)19-6-12-22(31-3)13-7-19/h4-15,18H,16H2,1-3H3,(H,26,28)/t18-/m0/s1. The third kappa shape index (κ3) is 5.69. The molecule has 32 heavy (non-hydrogen) atoms. The van der Waals surface area contributed by atoms with Crippen LogP contribution in [0.15, 0.2) is 82.2 Å². The highest BCUT2D eigenvalue weighted by atomic mass is 79.9. The largest absolute Gasteiger partial charge is 0.497 e. The van der Waals surface area contributed by atoms with Crippen molar-refractivity contribution in [2.24, 2.45) is 0 Å². The molecule has 3 aromatic rings. The molecular formula is C24H25BrN2O4S. The molecule has 0 aromatic heterocycles. The molecule has 0 unspecified atom stereocenters. The molecule has 0 spiro atoms. The van der Waals surface area contributed by atoms with Gasteiger partial charge in [0.2, 0.25) is 5.91 Å². The summed E-state index contributed by atoms with van der Waals surface area (Å²) in [5, 5.41) is 2.88. The minimum Gasteiger partial charge on any atom is -0.497 e. The average Bonchev–Trinajstić information content (AvgIpc) is 2.78. The number of hydrogen-bond donors (Lipinski definition) is 1. The first-order chi connectivity index (χ1) is 15.2. The molecule has 1 amide bonds. The molecule has 6 nitrogen and oxygen atoms in total. The Morgan fingerprint density at radius 2 is 1.59 bits per heavy atom. The zero-order valence-corrected chi connectivity index (χ0v) is 20.5. The summed E-state index contributed by atoms with van der Waals surface area (Å²) in [5.74, 6) is 0.310. The van der Waals surface area contributed by atoms with Gasteiger partial charge in [-0.05, 0) is 67.9 Å². The van der Waals surface area contributed by atoms with E-state index in [9.17, 15) is 13.2 Å². The molecule has 0 heterocycles. The molecular weight excluding hydrogens is 492 g/mol. The SMILES string of the molecule is COc1ccc([C@H](C)NC(=O)CN(c2ccc(Br)cc2)S(=O)(=O)c2ccc(C)cc2)cc1. The minimum absolute atomic E-state index is 0.127. The number of nitrogens with one attached hydrogen (secondary N) is 1. The first kappa shape index (κ1) is 23.8. The number of carbonyl (C=O) groups excluding carboxylic acids is 1. The van der Waals surface area contributed by atoms with E-state index in [0.717, 1.165) is 25.7 Å². The number of hydrogen-bond acceptors (Lipinski definition) is 4. The van der Waals surface area contributed by atoms with Crippen molar-refractivity contribution in [2.45, 2.75) is 24.8 Å². The number of halogens is 1. The van der Waals surface area contributed by atoms with Crippen molar-refractivity contribution in [3.8, 4) is 5.75 Å². The Balaban J connectivity index is 1.85. The fourth-order valence-corrected chi connectivity index (χ4v) is 4.84. The number of rotatable bonds is 8. The summed E-state index contributed by atoms with van der Waals surface area (Å²) in [6, 6.07) is 20.4. The van der Waals surface area contributed by atoms with E-state index >= 15 is 0 Å². The molecule has 1 atom stereocenters. The smallest absolute Gasteiger partial charge is 0.264 e. The highest BCUT2D eigenvalue weighted by Crippen LogP contribution is 2.26. The molecule has 8 heteroatoms. The number of aryl methyl sites for hydroxylation is 1. The Hall–Kier alpha value is -2.84. The Morgan fingerprint density at radius 3 is 2.16 bits per heavy atom. The number of methoxy groups -OCH3 is 1. The third-order valence-electron chi connectivity index (χ3n) is 5.00. The lowest BCUT2D eigenvalue weighted by Crippen LogP contribution is -2.41. The molecule has 0 saturated carbocycles. The van der Waals surface area contributed by atoms with Crippen molar-refractivity contribution in [1.29, 1.82) is 0 Å². The quantitative estimate of drug-likeness (QED) is 0.464. The molecule has 168 valence electrons. The van der Waals surface area contributed by atoms with Crippen LogP contribution in [0.3, 0.4) is 0 Å². The van der Waals surface area contributed by atoms with Crippen molar-refractivity contribution in [3.05, 3.63) is 88.4 Å². The Morgan fingerprint density at radius 1 is 1.00 bits per heavy atom. The molecule has 0 saturated heterocycles. The Labute approximate surface area is 197 Å². The van der Waals surface area contributed by atoms with E-state index in [1.165, 1.54) is 0 Å². The minimum atomic E-state index is -3.95. The van der Waals surface area contributed by atoms with Gasteiger partial charge >= 0.3 is 0 Å². The number of ether oxygens (including phenoxy) is 1. The van der Waals surface area contributed by atoms with E-state index in [-0.39, 0.29) is 17.5 Å². The van der Waals surface area contributed by atoms with Gasteiger partial charge in [-0.25, -0.2) is 8.42 Å². The maximum absolute atomic E-state index is 13.4. The van der Waals surface area contributed by atoms with E-state index in [1.807, 2.05) is 38.1 Å². The van der Waals surface area contributed by atoms with Crippen molar-refractivity contribution in [2.75, 3.05) is 18.0 Å². The molecule has 0 aliphatic heterocycles. The summed E-state index contributed by atoms with van der Waals surface area (Å²) in [7, 11) is -2.36. The molecule has 1 N–H and O–H groups in total. The van der Waals surface area contributed by atoms with Crippen LogP contribution in [0.5, 0.6) is 5.75 Å². The lowest BCUT2D eigenvalue weighted by molar-refractivity contribution is -0.120. The normalized spacial score (nSPS) is 12.1. The predicted octanol–water partition coefficient (Wildman–Crippen LogP) is 4.84. The van der Waals surface area contributed by atoms with Gasteiger partial charge in [0, 0.05) is 4.47 Å². The fraction of sp³-hybridized carbons (Fsp3) is 0.208. The molecule has 0 aliphatic rings. The number of benzene rings is 3. The van der Waals surface area contributed by atoms with Gasteiger partial charge in [-0.1, -0.05) is 45.8 Å². The second-order valence-corrected chi connectivity index (χ2v) is 10.1. The Kier molecular flexibility index (Phi) is 7.58. The van der Waals surface area contributed by atoms with Gasteiger partial charge < -0.3 is 10.1 Å².